The second-order valence-electron chi connectivity index (χ2n) is 5.20. The molecule has 1 atom stereocenters. The Morgan fingerprint density at radius 3 is 2.67 bits per heavy atom. The number of nitrogen functional groups attached to an aromatic ring is 1. The van der Waals surface area contributed by atoms with Crippen molar-refractivity contribution in [1.82, 2.24) is 24.8 Å². The summed E-state index contributed by atoms with van der Waals surface area (Å²) in [5.41, 5.74) is 6.63. The van der Waals surface area contributed by atoms with Crippen LogP contribution in [0.3, 0.4) is 0 Å². The molecule has 3 N–H and O–H groups in total. The summed E-state index contributed by atoms with van der Waals surface area (Å²) >= 11 is 0. The highest BCUT2D eigenvalue weighted by molar-refractivity contribution is 5.88. The standard InChI is InChI=1S/C13H18N6O2/c1-7(2)10(8(3)20)18-9(21)4-19-6-17-11-12(14)15-5-16-13(11)19/h5-7,10H,4H2,1-3H3,(H,18,21)(H2,14,15,16). The van der Waals surface area contributed by atoms with E-state index in [1.165, 1.54) is 19.6 Å². The number of hydrogen-bond acceptors (Lipinski definition) is 6. The number of nitrogens with zero attached hydrogens (tertiary/aromatic N) is 4. The Morgan fingerprint density at radius 1 is 1.33 bits per heavy atom. The number of aromatic nitrogens is 4. The first-order valence-electron chi connectivity index (χ1n) is 6.61. The number of fused-ring (bicyclic) bond motifs is 1. The molecule has 1 amide bonds. The van der Waals surface area contributed by atoms with Gasteiger partial charge in [-0.25, -0.2) is 15.0 Å². The van der Waals surface area contributed by atoms with E-state index in [4.69, 9.17) is 5.73 Å². The molecular weight excluding hydrogens is 272 g/mol. The van der Waals surface area contributed by atoms with Gasteiger partial charge in [-0.3, -0.25) is 9.59 Å². The van der Waals surface area contributed by atoms with E-state index in [9.17, 15) is 9.59 Å². The van der Waals surface area contributed by atoms with Gasteiger partial charge in [-0.05, 0) is 12.8 Å². The Morgan fingerprint density at radius 2 is 2.05 bits per heavy atom. The zero-order valence-corrected chi connectivity index (χ0v) is 12.2. The average molecular weight is 290 g/mol. The first kappa shape index (κ1) is 14.9. The molecule has 1 unspecified atom stereocenters. The minimum Gasteiger partial charge on any atom is -0.382 e. The van der Waals surface area contributed by atoms with Crippen LogP contribution >= 0.6 is 0 Å². The molecule has 112 valence electrons. The van der Waals surface area contributed by atoms with Gasteiger partial charge in [0.2, 0.25) is 5.91 Å². The van der Waals surface area contributed by atoms with E-state index in [0.29, 0.717) is 11.2 Å². The zero-order valence-electron chi connectivity index (χ0n) is 12.2. The van der Waals surface area contributed by atoms with Gasteiger partial charge in [0, 0.05) is 0 Å². The molecule has 2 aromatic heterocycles. The van der Waals surface area contributed by atoms with Crippen molar-refractivity contribution in [3.8, 4) is 0 Å². The lowest BCUT2D eigenvalue weighted by Crippen LogP contribution is -2.44. The highest BCUT2D eigenvalue weighted by atomic mass is 16.2. The third-order valence-corrected chi connectivity index (χ3v) is 3.16. The minimum atomic E-state index is -0.494. The quantitative estimate of drug-likeness (QED) is 0.809. The van der Waals surface area contributed by atoms with Gasteiger partial charge in [0.1, 0.15) is 18.4 Å². The van der Waals surface area contributed by atoms with Crippen LogP contribution < -0.4 is 11.1 Å². The summed E-state index contributed by atoms with van der Waals surface area (Å²) < 4.78 is 1.57. The van der Waals surface area contributed by atoms with Gasteiger partial charge < -0.3 is 15.6 Å². The lowest BCUT2D eigenvalue weighted by Gasteiger charge is -2.19. The summed E-state index contributed by atoms with van der Waals surface area (Å²) in [4.78, 5) is 35.6. The SMILES string of the molecule is CC(=O)C(NC(=O)Cn1cnc2c(N)ncnc21)C(C)C. The number of hydrogen-bond donors (Lipinski definition) is 2. The van der Waals surface area contributed by atoms with Crippen molar-refractivity contribution >= 4 is 28.7 Å². The fraction of sp³-hybridized carbons (Fsp3) is 0.462. The molecule has 21 heavy (non-hydrogen) atoms. The van der Waals surface area contributed by atoms with E-state index in [2.05, 4.69) is 20.3 Å². The van der Waals surface area contributed by atoms with Crippen LogP contribution in [0.2, 0.25) is 0 Å². The summed E-state index contributed by atoms with van der Waals surface area (Å²) in [5, 5.41) is 2.72. The van der Waals surface area contributed by atoms with Gasteiger partial charge >= 0.3 is 0 Å². The molecule has 0 bridgehead atoms. The van der Waals surface area contributed by atoms with Crippen molar-refractivity contribution in [3.05, 3.63) is 12.7 Å². The van der Waals surface area contributed by atoms with Gasteiger partial charge in [0.05, 0.1) is 12.4 Å². The second kappa shape index (κ2) is 5.86. The number of nitrogens with one attached hydrogen (secondary N) is 1. The van der Waals surface area contributed by atoms with E-state index < -0.39 is 6.04 Å². The highest BCUT2D eigenvalue weighted by Gasteiger charge is 2.21. The van der Waals surface area contributed by atoms with Gasteiger partial charge in [0.25, 0.3) is 0 Å². The van der Waals surface area contributed by atoms with Crippen LogP contribution in [0.5, 0.6) is 0 Å². The molecule has 0 aliphatic carbocycles. The number of ketones is 1. The summed E-state index contributed by atoms with van der Waals surface area (Å²) in [6, 6.07) is -0.494. The van der Waals surface area contributed by atoms with Gasteiger partial charge in [-0.1, -0.05) is 13.8 Å². The predicted molar refractivity (Wildman–Crippen MR) is 77.2 cm³/mol. The largest absolute Gasteiger partial charge is 0.382 e. The van der Waals surface area contributed by atoms with E-state index in [1.54, 1.807) is 4.57 Å². The molecule has 8 nitrogen and oxygen atoms in total. The summed E-state index contributed by atoms with van der Waals surface area (Å²) in [6.45, 7) is 5.24. The molecule has 2 heterocycles. The Balaban J connectivity index is 2.15. The number of carbonyl (C=O) groups excluding carboxylic acids is 2. The molecule has 0 saturated heterocycles. The maximum atomic E-state index is 12.1. The normalized spacial score (nSPS) is 12.6. The summed E-state index contributed by atoms with van der Waals surface area (Å²) in [5.74, 6) is -0.0484. The lowest BCUT2D eigenvalue weighted by atomic mass is 10.0. The maximum absolute atomic E-state index is 12.1. The third kappa shape index (κ3) is 3.15. The molecule has 0 aliphatic rings. The van der Waals surface area contributed by atoms with Gasteiger partial charge in [-0.15, -0.1) is 0 Å². The molecule has 0 radical (unpaired) electrons. The van der Waals surface area contributed by atoms with E-state index in [0.717, 1.165) is 0 Å². The fourth-order valence-corrected chi connectivity index (χ4v) is 2.13. The number of amides is 1. The molecule has 0 aromatic carbocycles. The summed E-state index contributed by atoms with van der Waals surface area (Å²) in [6.07, 6.45) is 2.80. The molecule has 0 fully saturated rings. The van der Waals surface area contributed by atoms with Crippen molar-refractivity contribution in [2.24, 2.45) is 5.92 Å². The molecule has 2 rings (SSSR count). The van der Waals surface area contributed by atoms with Crippen LogP contribution in [0.15, 0.2) is 12.7 Å². The van der Waals surface area contributed by atoms with Crippen molar-refractivity contribution in [2.45, 2.75) is 33.4 Å². The monoisotopic (exact) mass is 290 g/mol. The predicted octanol–water partition coefficient (Wildman–Crippen LogP) is 0.138. The number of carbonyl (C=O) groups is 2. The molecule has 0 saturated carbocycles. The van der Waals surface area contributed by atoms with E-state index >= 15 is 0 Å². The van der Waals surface area contributed by atoms with Gasteiger partial charge in [0.15, 0.2) is 17.2 Å². The second-order valence-corrected chi connectivity index (χ2v) is 5.20. The van der Waals surface area contributed by atoms with E-state index in [1.807, 2.05) is 13.8 Å². The zero-order chi connectivity index (χ0) is 15.6. The maximum Gasteiger partial charge on any atom is 0.240 e. The number of imidazole rings is 1. The minimum absolute atomic E-state index is 0.0173. The van der Waals surface area contributed by atoms with Crippen LogP contribution in [0.1, 0.15) is 20.8 Å². The van der Waals surface area contributed by atoms with Crippen LogP contribution in [0.25, 0.3) is 11.2 Å². The molecular formula is C13H18N6O2. The summed E-state index contributed by atoms with van der Waals surface area (Å²) in [7, 11) is 0. The van der Waals surface area contributed by atoms with Crippen molar-refractivity contribution in [3.63, 3.8) is 0 Å². The smallest absolute Gasteiger partial charge is 0.240 e. The Kier molecular flexibility index (Phi) is 4.15. The van der Waals surface area contributed by atoms with Crippen molar-refractivity contribution in [1.29, 1.82) is 0 Å². The number of nitrogens with two attached hydrogens (primary N) is 1. The first-order valence-corrected chi connectivity index (χ1v) is 6.61. The molecule has 0 aliphatic heterocycles. The van der Waals surface area contributed by atoms with Crippen molar-refractivity contribution in [2.75, 3.05) is 5.73 Å². The Bertz CT molecular complexity index is 678. The highest BCUT2D eigenvalue weighted by Crippen LogP contribution is 2.13. The fourth-order valence-electron chi connectivity index (χ4n) is 2.13. The third-order valence-electron chi connectivity index (χ3n) is 3.16. The molecule has 2 aromatic rings. The molecule has 0 spiro atoms. The molecule has 8 heteroatoms. The average Bonchev–Trinajstić information content (AvgIpc) is 2.80. The lowest BCUT2D eigenvalue weighted by molar-refractivity contribution is -0.128. The van der Waals surface area contributed by atoms with Gasteiger partial charge in [-0.2, -0.15) is 0 Å². The van der Waals surface area contributed by atoms with Crippen LogP contribution in [0, 0.1) is 5.92 Å². The van der Waals surface area contributed by atoms with Crippen molar-refractivity contribution < 1.29 is 9.59 Å². The topological polar surface area (TPSA) is 116 Å². The van der Waals surface area contributed by atoms with Crippen LogP contribution in [-0.2, 0) is 16.1 Å². The first-order chi connectivity index (χ1) is 9.90. The van der Waals surface area contributed by atoms with Crippen LogP contribution in [-0.4, -0.2) is 37.3 Å². The van der Waals surface area contributed by atoms with E-state index in [-0.39, 0.29) is 30.0 Å². The number of anilines is 1. The number of rotatable bonds is 5. The number of Topliss-reactive ketones (excluding diaryl/α,β-unsaturated/α-hetero) is 1. The van der Waals surface area contributed by atoms with Crippen LogP contribution in [0.4, 0.5) is 5.82 Å². The Hall–Kier alpha value is -2.51. The Labute approximate surface area is 121 Å².